The molecule has 0 atom stereocenters. The lowest BCUT2D eigenvalue weighted by Gasteiger charge is -2.31. The summed E-state index contributed by atoms with van der Waals surface area (Å²) >= 11 is 0. The number of rotatable bonds is 3. The van der Waals surface area contributed by atoms with Crippen molar-refractivity contribution in [3.8, 4) is 0 Å². The largest absolute Gasteiger partial charge is 0.396 e. The molecule has 30 heavy (non-hydrogen) atoms. The van der Waals surface area contributed by atoms with Crippen LogP contribution in [0.25, 0.3) is 10.9 Å². The summed E-state index contributed by atoms with van der Waals surface area (Å²) in [7, 11) is 2.00. The van der Waals surface area contributed by atoms with Crippen molar-refractivity contribution in [2.24, 2.45) is 5.73 Å². The second-order valence-corrected chi connectivity index (χ2v) is 9.03. The lowest BCUT2D eigenvalue weighted by atomic mass is 10.0. The number of piperidine rings is 1. The third-order valence-corrected chi connectivity index (χ3v) is 6.52. The van der Waals surface area contributed by atoms with Crippen LogP contribution in [0.2, 0.25) is 0 Å². The molecule has 4 rings (SSSR count). The van der Waals surface area contributed by atoms with Crippen molar-refractivity contribution in [2.75, 3.05) is 31.2 Å². The molecule has 7 nitrogen and oxygen atoms in total. The zero-order valence-corrected chi connectivity index (χ0v) is 17.4. The zero-order valence-electron chi connectivity index (χ0n) is 17.4. The number of anilines is 2. The van der Waals surface area contributed by atoms with E-state index in [9.17, 15) is 9.59 Å². The summed E-state index contributed by atoms with van der Waals surface area (Å²) in [4.78, 5) is 27.2. The van der Waals surface area contributed by atoms with Gasteiger partial charge in [0.25, 0.3) is 5.91 Å². The molecule has 162 valence electrons. The van der Waals surface area contributed by atoms with E-state index in [1.807, 2.05) is 20.9 Å². The number of carbonyl (C=O) groups is 1. The fraction of sp³-hybridized carbons (Fsp3) is 0.524. The Morgan fingerprint density at radius 3 is 2.43 bits per heavy atom. The summed E-state index contributed by atoms with van der Waals surface area (Å²) in [5.74, 6) is -2.79. The number of halogens is 2. The van der Waals surface area contributed by atoms with Crippen LogP contribution in [0.1, 0.15) is 49.2 Å². The van der Waals surface area contributed by atoms with Crippen molar-refractivity contribution in [3.05, 3.63) is 33.1 Å². The van der Waals surface area contributed by atoms with Crippen molar-refractivity contribution in [1.29, 1.82) is 0 Å². The number of primary amides is 1. The summed E-state index contributed by atoms with van der Waals surface area (Å²) in [6.07, 6.45) is 2.44. The van der Waals surface area contributed by atoms with Gasteiger partial charge in [-0.05, 0) is 59.7 Å². The van der Waals surface area contributed by atoms with Gasteiger partial charge in [-0.15, -0.1) is 0 Å². The molecule has 1 aromatic carbocycles. The quantitative estimate of drug-likeness (QED) is 0.661. The molecule has 2 aromatic rings. The normalized spacial score (nSPS) is 19.2. The summed E-state index contributed by atoms with van der Waals surface area (Å²) < 4.78 is 32.6. The molecule has 1 fully saturated rings. The van der Waals surface area contributed by atoms with Gasteiger partial charge in [0, 0.05) is 17.3 Å². The number of hydrogen-bond donors (Lipinski definition) is 3. The summed E-state index contributed by atoms with van der Waals surface area (Å²) in [6.45, 7) is 5.38. The maximum atomic E-state index is 15.8. The maximum Gasteiger partial charge on any atom is 0.254 e. The molecule has 1 aromatic heterocycles. The lowest BCUT2D eigenvalue weighted by Crippen LogP contribution is -2.37. The molecule has 0 saturated carbocycles. The topological polar surface area (TPSA) is 106 Å². The van der Waals surface area contributed by atoms with Gasteiger partial charge in [-0.3, -0.25) is 9.59 Å². The first-order valence-corrected chi connectivity index (χ1v) is 10.2. The van der Waals surface area contributed by atoms with Crippen LogP contribution in [0, 0.1) is 11.6 Å². The molecule has 0 bridgehead atoms. The van der Waals surface area contributed by atoms with Gasteiger partial charge in [-0.2, -0.15) is 0 Å². The van der Waals surface area contributed by atoms with E-state index in [-0.39, 0.29) is 28.2 Å². The molecule has 1 saturated heterocycles. The van der Waals surface area contributed by atoms with E-state index in [0.29, 0.717) is 18.5 Å². The maximum absolute atomic E-state index is 15.8. The number of fused-ring (bicyclic) bond motifs is 3. The number of likely N-dealkylation sites (tertiary alicyclic amines) is 1. The van der Waals surface area contributed by atoms with E-state index in [1.54, 1.807) is 4.57 Å². The predicted octanol–water partition coefficient (Wildman–Crippen LogP) is 2.15. The third kappa shape index (κ3) is 2.94. The highest BCUT2D eigenvalue weighted by atomic mass is 19.1. The molecule has 3 heterocycles. The second kappa shape index (κ2) is 6.94. The number of amides is 1. The Balaban J connectivity index is 2.02. The molecule has 9 heteroatoms. The van der Waals surface area contributed by atoms with Crippen LogP contribution in [0.3, 0.4) is 0 Å². The number of aromatic nitrogens is 1. The highest BCUT2D eigenvalue weighted by molar-refractivity contribution is 6.02. The Morgan fingerprint density at radius 2 is 1.83 bits per heavy atom. The molecule has 0 spiro atoms. The number of pyridine rings is 1. The van der Waals surface area contributed by atoms with Crippen LogP contribution in [0.5, 0.6) is 0 Å². The standard InChI is InChI=1S/C21H27F2N5O2/c1-21(2)7-4-11-12(20(25)30)19(29)13-16(24)14(22)17(15(23)18(13)28(11)21)26-10-5-8-27(3)9-6-10/h10,26H,4-9,24H2,1-3H3,(H2,25,30). The highest BCUT2D eigenvalue weighted by Gasteiger charge is 2.38. The predicted molar refractivity (Wildman–Crippen MR) is 113 cm³/mol. The molecular formula is C21H27F2N5O2. The van der Waals surface area contributed by atoms with Crippen molar-refractivity contribution >= 4 is 28.2 Å². The number of carbonyl (C=O) groups excluding carboxylic acids is 1. The van der Waals surface area contributed by atoms with Crippen LogP contribution >= 0.6 is 0 Å². The van der Waals surface area contributed by atoms with E-state index in [1.165, 1.54) is 0 Å². The lowest BCUT2D eigenvalue weighted by molar-refractivity contribution is 0.0998. The third-order valence-electron chi connectivity index (χ3n) is 6.52. The first-order valence-electron chi connectivity index (χ1n) is 10.2. The first kappa shape index (κ1) is 20.6. The van der Waals surface area contributed by atoms with Crippen molar-refractivity contribution in [1.82, 2.24) is 9.47 Å². The highest BCUT2D eigenvalue weighted by Crippen LogP contribution is 2.41. The van der Waals surface area contributed by atoms with Gasteiger partial charge in [0.1, 0.15) is 11.3 Å². The Labute approximate surface area is 173 Å². The molecule has 0 aliphatic carbocycles. The van der Waals surface area contributed by atoms with Gasteiger partial charge < -0.3 is 26.3 Å². The number of nitrogens with zero attached hydrogens (tertiary/aromatic N) is 2. The van der Waals surface area contributed by atoms with Gasteiger partial charge in [0.15, 0.2) is 11.6 Å². The van der Waals surface area contributed by atoms with E-state index < -0.39 is 34.2 Å². The van der Waals surface area contributed by atoms with Crippen molar-refractivity contribution < 1.29 is 13.6 Å². The summed E-state index contributed by atoms with van der Waals surface area (Å²) in [5.41, 5.74) is 9.34. The minimum absolute atomic E-state index is 0.0724. The van der Waals surface area contributed by atoms with E-state index >= 15 is 8.78 Å². The number of benzene rings is 1. The molecule has 0 unspecified atom stereocenters. The Bertz CT molecular complexity index is 1120. The van der Waals surface area contributed by atoms with E-state index in [2.05, 4.69) is 10.2 Å². The smallest absolute Gasteiger partial charge is 0.254 e. The monoisotopic (exact) mass is 419 g/mol. The minimum atomic E-state index is -1.01. The van der Waals surface area contributed by atoms with Crippen LogP contribution < -0.4 is 22.2 Å². The molecule has 1 amide bonds. The molecule has 5 N–H and O–H groups in total. The Kier molecular flexibility index (Phi) is 4.76. The van der Waals surface area contributed by atoms with Gasteiger partial charge in [0.05, 0.1) is 16.6 Å². The SMILES string of the molecule is CN1CCC(Nc2c(F)c(N)c3c(=O)c(C(N)=O)c4n(c3c2F)C(C)(C)CC4)CC1. The fourth-order valence-electron chi connectivity index (χ4n) is 4.82. The van der Waals surface area contributed by atoms with Crippen LogP contribution in [0.4, 0.5) is 20.2 Å². The number of nitrogens with two attached hydrogens (primary N) is 2. The van der Waals surface area contributed by atoms with Gasteiger partial charge in [-0.1, -0.05) is 0 Å². The Hall–Kier alpha value is -2.68. The van der Waals surface area contributed by atoms with E-state index in [4.69, 9.17) is 11.5 Å². The summed E-state index contributed by atoms with van der Waals surface area (Å²) in [5, 5.41) is 2.66. The van der Waals surface area contributed by atoms with E-state index in [0.717, 1.165) is 25.9 Å². The average Bonchev–Trinajstić information content (AvgIpc) is 2.98. The molecule has 2 aliphatic rings. The van der Waals surface area contributed by atoms with Gasteiger partial charge in [0.2, 0.25) is 5.43 Å². The number of nitrogen functional groups attached to an aromatic ring is 1. The molecule has 0 radical (unpaired) electrons. The van der Waals surface area contributed by atoms with Gasteiger partial charge in [-0.25, -0.2) is 8.78 Å². The van der Waals surface area contributed by atoms with Crippen molar-refractivity contribution in [3.63, 3.8) is 0 Å². The summed E-state index contributed by atoms with van der Waals surface area (Å²) in [6, 6.07) is -0.107. The Morgan fingerprint density at radius 1 is 1.20 bits per heavy atom. The van der Waals surface area contributed by atoms with Crippen LogP contribution in [-0.2, 0) is 12.0 Å². The fourth-order valence-corrected chi connectivity index (χ4v) is 4.82. The number of nitrogens with one attached hydrogen (secondary N) is 1. The zero-order chi connectivity index (χ0) is 22.0. The van der Waals surface area contributed by atoms with Gasteiger partial charge >= 0.3 is 0 Å². The van der Waals surface area contributed by atoms with Crippen LogP contribution in [0.15, 0.2) is 4.79 Å². The number of hydrogen-bond acceptors (Lipinski definition) is 5. The average molecular weight is 419 g/mol. The first-order chi connectivity index (χ1) is 14.0. The van der Waals surface area contributed by atoms with Crippen LogP contribution in [-0.4, -0.2) is 41.6 Å². The molecular weight excluding hydrogens is 392 g/mol. The molecule has 2 aliphatic heterocycles. The second-order valence-electron chi connectivity index (χ2n) is 9.03. The van der Waals surface area contributed by atoms with Crippen molar-refractivity contribution in [2.45, 2.75) is 51.1 Å². The minimum Gasteiger partial charge on any atom is -0.396 e.